The van der Waals surface area contributed by atoms with E-state index in [2.05, 4.69) is 0 Å². The molecule has 0 radical (unpaired) electrons. The van der Waals surface area contributed by atoms with Crippen LogP contribution in [0.15, 0.2) is 53.4 Å². The molecule has 0 spiro atoms. The summed E-state index contributed by atoms with van der Waals surface area (Å²) < 4.78 is 29.8. The van der Waals surface area contributed by atoms with Crippen LogP contribution in [0.1, 0.15) is 15.9 Å². The number of ether oxygens (including phenoxy) is 1. The molecular formula is C15H14O4S. The number of carbonyl (C=O) groups is 1. The van der Waals surface area contributed by atoms with E-state index in [1.165, 1.54) is 13.2 Å². The van der Waals surface area contributed by atoms with E-state index < -0.39 is 9.84 Å². The molecule has 0 aromatic heterocycles. The molecule has 0 fully saturated rings. The van der Waals surface area contributed by atoms with Crippen molar-refractivity contribution in [2.24, 2.45) is 0 Å². The monoisotopic (exact) mass is 290 g/mol. The van der Waals surface area contributed by atoms with Gasteiger partial charge in [0, 0.05) is 11.1 Å². The lowest BCUT2D eigenvalue weighted by Gasteiger charge is -2.10. The molecule has 20 heavy (non-hydrogen) atoms. The van der Waals surface area contributed by atoms with Crippen molar-refractivity contribution in [3.05, 3.63) is 59.7 Å². The van der Waals surface area contributed by atoms with Gasteiger partial charge in [-0.2, -0.15) is 0 Å². The first kappa shape index (κ1) is 14.3. The van der Waals surface area contributed by atoms with Crippen molar-refractivity contribution in [2.75, 3.05) is 7.11 Å². The molecule has 2 aromatic rings. The Morgan fingerprint density at radius 3 is 2.40 bits per heavy atom. The van der Waals surface area contributed by atoms with Crippen LogP contribution in [-0.4, -0.2) is 21.8 Å². The van der Waals surface area contributed by atoms with Gasteiger partial charge in [-0.15, -0.1) is 0 Å². The van der Waals surface area contributed by atoms with Crippen LogP contribution in [0.4, 0.5) is 0 Å². The standard InChI is InChI=1S/C15H14O4S/c1-19-15-8-7-12(10-16)9-13(15)11-20(17,18)14-5-3-2-4-6-14/h2-10H,11H2,1H3. The summed E-state index contributed by atoms with van der Waals surface area (Å²) in [6.45, 7) is 0. The minimum atomic E-state index is -3.47. The number of benzene rings is 2. The van der Waals surface area contributed by atoms with Crippen LogP contribution in [0.25, 0.3) is 0 Å². The Hall–Kier alpha value is -2.14. The predicted octanol–water partition coefficient (Wildman–Crippen LogP) is 2.48. The molecule has 0 saturated carbocycles. The van der Waals surface area contributed by atoms with Crippen LogP contribution in [0.5, 0.6) is 5.75 Å². The third kappa shape index (κ3) is 3.05. The third-order valence-electron chi connectivity index (χ3n) is 2.89. The van der Waals surface area contributed by atoms with Crippen molar-refractivity contribution >= 4 is 16.1 Å². The Balaban J connectivity index is 2.41. The van der Waals surface area contributed by atoms with Gasteiger partial charge in [-0.25, -0.2) is 8.42 Å². The van der Waals surface area contributed by atoms with Crippen molar-refractivity contribution in [3.63, 3.8) is 0 Å². The maximum Gasteiger partial charge on any atom is 0.182 e. The Kier molecular flexibility index (Phi) is 4.20. The number of aldehydes is 1. The maximum absolute atomic E-state index is 12.3. The van der Waals surface area contributed by atoms with Crippen LogP contribution in [0.3, 0.4) is 0 Å². The summed E-state index contributed by atoms with van der Waals surface area (Å²) >= 11 is 0. The van der Waals surface area contributed by atoms with Crippen molar-refractivity contribution < 1.29 is 17.9 Å². The molecule has 104 valence electrons. The van der Waals surface area contributed by atoms with E-state index in [0.717, 1.165) is 0 Å². The van der Waals surface area contributed by atoms with Gasteiger partial charge in [0.05, 0.1) is 17.8 Å². The summed E-state index contributed by atoms with van der Waals surface area (Å²) in [5.41, 5.74) is 0.894. The number of hydrogen-bond donors (Lipinski definition) is 0. The second-order valence-corrected chi connectivity index (χ2v) is 6.25. The lowest BCUT2D eigenvalue weighted by molar-refractivity contribution is 0.112. The minimum Gasteiger partial charge on any atom is -0.496 e. The van der Waals surface area contributed by atoms with Gasteiger partial charge >= 0.3 is 0 Å². The first-order chi connectivity index (χ1) is 9.56. The Morgan fingerprint density at radius 2 is 1.80 bits per heavy atom. The highest BCUT2D eigenvalue weighted by Gasteiger charge is 2.17. The van der Waals surface area contributed by atoms with Crippen molar-refractivity contribution in [1.29, 1.82) is 0 Å². The van der Waals surface area contributed by atoms with E-state index in [9.17, 15) is 13.2 Å². The van der Waals surface area contributed by atoms with Gasteiger partial charge in [-0.05, 0) is 30.3 Å². The highest BCUT2D eigenvalue weighted by molar-refractivity contribution is 7.90. The van der Waals surface area contributed by atoms with Crippen LogP contribution >= 0.6 is 0 Å². The van der Waals surface area contributed by atoms with Crippen molar-refractivity contribution in [2.45, 2.75) is 10.6 Å². The summed E-state index contributed by atoms with van der Waals surface area (Å²) in [5.74, 6) is 0.247. The second kappa shape index (κ2) is 5.88. The average molecular weight is 290 g/mol. The van der Waals surface area contributed by atoms with Crippen molar-refractivity contribution in [1.82, 2.24) is 0 Å². The van der Waals surface area contributed by atoms with Gasteiger partial charge in [0.1, 0.15) is 12.0 Å². The van der Waals surface area contributed by atoms with E-state index in [0.29, 0.717) is 23.2 Å². The molecule has 5 heteroatoms. The largest absolute Gasteiger partial charge is 0.496 e. The van der Waals surface area contributed by atoms with Crippen LogP contribution in [-0.2, 0) is 15.6 Å². The Morgan fingerprint density at radius 1 is 1.10 bits per heavy atom. The number of sulfone groups is 1. The number of methoxy groups -OCH3 is 1. The first-order valence-corrected chi connectivity index (χ1v) is 7.62. The number of carbonyl (C=O) groups excluding carboxylic acids is 1. The predicted molar refractivity (Wildman–Crippen MR) is 75.7 cm³/mol. The maximum atomic E-state index is 12.3. The molecule has 0 aliphatic rings. The van der Waals surface area contributed by atoms with Gasteiger partial charge in [0.2, 0.25) is 0 Å². The van der Waals surface area contributed by atoms with E-state index in [4.69, 9.17) is 4.74 Å². The smallest absolute Gasteiger partial charge is 0.182 e. The van der Waals surface area contributed by atoms with E-state index >= 15 is 0 Å². The zero-order valence-electron chi connectivity index (χ0n) is 10.9. The fraction of sp³-hybridized carbons (Fsp3) is 0.133. The molecule has 0 aliphatic heterocycles. The van der Waals surface area contributed by atoms with Crippen molar-refractivity contribution in [3.8, 4) is 5.75 Å². The topological polar surface area (TPSA) is 60.4 Å². The SMILES string of the molecule is COc1ccc(C=O)cc1CS(=O)(=O)c1ccccc1. The molecular weight excluding hydrogens is 276 g/mol. The zero-order valence-corrected chi connectivity index (χ0v) is 11.8. The number of rotatable bonds is 5. The normalized spacial score (nSPS) is 11.1. The molecule has 0 atom stereocenters. The zero-order chi connectivity index (χ0) is 14.6. The van der Waals surface area contributed by atoms with Gasteiger partial charge in [-0.1, -0.05) is 18.2 Å². The third-order valence-corrected chi connectivity index (χ3v) is 4.57. The summed E-state index contributed by atoms with van der Waals surface area (Å²) in [5, 5.41) is 0. The molecule has 0 aliphatic carbocycles. The summed E-state index contributed by atoms with van der Waals surface area (Å²) in [6.07, 6.45) is 0.679. The lowest BCUT2D eigenvalue weighted by atomic mass is 10.1. The molecule has 2 aromatic carbocycles. The van der Waals surface area contributed by atoms with Gasteiger partial charge in [-0.3, -0.25) is 4.79 Å². The van der Waals surface area contributed by atoms with E-state index in [1.54, 1.807) is 42.5 Å². The molecule has 0 heterocycles. The molecule has 0 amide bonds. The van der Waals surface area contributed by atoms with Crippen LogP contribution in [0.2, 0.25) is 0 Å². The Bertz CT molecular complexity index is 706. The van der Waals surface area contributed by atoms with Gasteiger partial charge in [0.25, 0.3) is 0 Å². The number of hydrogen-bond acceptors (Lipinski definition) is 4. The van der Waals surface area contributed by atoms with E-state index in [1.807, 2.05) is 0 Å². The van der Waals surface area contributed by atoms with Gasteiger partial charge < -0.3 is 4.74 Å². The molecule has 0 unspecified atom stereocenters. The first-order valence-electron chi connectivity index (χ1n) is 5.97. The molecule has 4 nitrogen and oxygen atoms in total. The molecule has 0 saturated heterocycles. The molecule has 0 N–H and O–H groups in total. The minimum absolute atomic E-state index is 0.206. The van der Waals surface area contributed by atoms with Crippen LogP contribution in [0, 0.1) is 0 Å². The molecule has 0 bridgehead atoms. The van der Waals surface area contributed by atoms with E-state index in [-0.39, 0.29) is 10.6 Å². The fourth-order valence-electron chi connectivity index (χ4n) is 1.90. The summed E-state index contributed by atoms with van der Waals surface area (Å²) in [4.78, 5) is 11.1. The quantitative estimate of drug-likeness (QED) is 0.794. The summed E-state index contributed by atoms with van der Waals surface area (Å²) in [6, 6.07) is 12.9. The fourth-order valence-corrected chi connectivity index (χ4v) is 3.27. The highest BCUT2D eigenvalue weighted by atomic mass is 32.2. The highest BCUT2D eigenvalue weighted by Crippen LogP contribution is 2.24. The summed E-state index contributed by atoms with van der Waals surface area (Å²) in [7, 11) is -2.00. The average Bonchev–Trinajstić information content (AvgIpc) is 2.47. The molecule has 2 rings (SSSR count). The lowest BCUT2D eigenvalue weighted by Crippen LogP contribution is -2.06. The Labute approximate surface area is 117 Å². The van der Waals surface area contributed by atoms with Gasteiger partial charge in [0.15, 0.2) is 9.84 Å². The van der Waals surface area contributed by atoms with Crippen LogP contribution < -0.4 is 4.74 Å². The second-order valence-electron chi connectivity index (χ2n) is 4.26.